The Labute approximate surface area is 181 Å². The number of benzene rings is 1. The van der Waals surface area contributed by atoms with Gasteiger partial charge in [-0.2, -0.15) is 0 Å². The minimum atomic E-state index is -1.95. The van der Waals surface area contributed by atoms with Crippen LogP contribution in [-0.4, -0.2) is 62.9 Å². The van der Waals surface area contributed by atoms with Gasteiger partial charge in [-0.25, -0.2) is 0 Å². The molecule has 2 aliphatic heterocycles. The quantitative estimate of drug-likeness (QED) is 0.466. The Hall–Kier alpha value is -0.803. The van der Waals surface area contributed by atoms with Gasteiger partial charge in [-0.3, -0.25) is 0 Å². The molecule has 1 N–H and O–H groups in total. The number of hydrogen-bond donors (Lipinski definition) is 1. The van der Waals surface area contributed by atoms with Crippen LogP contribution in [0.3, 0.4) is 0 Å². The molecule has 2 aliphatic rings. The first-order valence-corrected chi connectivity index (χ1v) is 13.7. The molecule has 170 valence electrons. The second-order valence-corrected chi connectivity index (χ2v) is 15.3. The highest BCUT2D eigenvalue weighted by Crippen LogP contribution is 2.47. The van der Waals surface area contributed by atoms with E-state index in [4.69, 9.17) is 23.4 Å². The fourth-order valence-electron chi connectivity index (χ4n) is 3.51. The summed E-state index contributed by atoms with van der Waals surface area (Å²) >= 11 is 0. The fourth-order valence-corrected chi connectivity index (χ4v) is 4.55. The van der Waals surface area contributed by atoms with Gasteiger partial charge in [0.05, 0.1) is 26.4 Å². The molecule has 4 atom stereocenters. The first kappa shape index (κ1) is 23.9. The molecule has 30 heavy (non-hydrogen) atoms. The lowest BCUT2D eigenvalue weighted by molar-refractivity contribution is -0.152. The van der Waals surface area contributed by atoms with Gasteiger partial charge in [0.25, 0.3) is 0 Å². The molecule has 2 fully saturated rings. The zero-order valence-corrected chi connectivity index (χ0v) is 20.4. The number of epoxide rings is 1. The summed E-state index contributed by atoms with van der Waals surface area (Å²) in [4.78, 5) is 0. The van der Waals surface area contributed by atoms with E-state index in [1.54, 1.807) is 0 Å². The number of ether oxygens (including phenoxy) is 4. The van der Waals surface area contributed by atoms with Gasteiger partial charge in [-0.1, -0.05) is 51.1 Å². The zero-order valence-electron chi connectivity index (χ0n) is 19.4. The molecule has 1 aromatic rings. The van der Waals surface area contributed by atoms with Gasteiger partial charge in [0.2, 0.25) is 0 Å². The summed E-state index contributed by atoms with van der Waals surface area (Å²) in [5, 5.41) is 10.2. The molecule has 6 nitrogen and oxygen atoms in total. The Morgan fingerprint density at radius 2 is 1.73 bits per heavy atom. The predicted molar refractivity (Wildman–Crippen MR) is 118 cm³/mol. The molecule has 0 saturated carbocycles. The second-order valence-electron chi connectivity index (χ2n) is 10.4. The average molecular weight is 439 g/mol. The maximum Gasteiger partial charge on any atom is 0.192 e. The highest BCUT2D eigenvalue weighted by atomic mass is 28.4. The van der Waals surface area contributed by atoms with Crippen molar-refractivity contribution in [3.8, 4) is 0 Å². The molecule has 7 heteroatoms. The van der Waals surface area contributed by atoms with Crippen LogP contribution in [0.1, 0.15) is 40.2 Å². The van der Waals surface area contributed by atoms with Crippen molar-refractivity contribution in [1.29, 1.82) is 0 Å². The van der Waals surface area contributed by atoms with E-state index >= 15 is 0 Å². The molecule has 0 bridgehead atoms. The minimum Gasteiger partial charge on any atom is -0.414 e. The monoisotopic (exact) mass is 438 g/mol. The molecule has 1 aromatic carbocycles. The molecule has 2 saturated heterocycles. The summed E-state index contributed by atoms with van der Waals surface area (Å²) < 4.78 is 30.6. The van der Waals surface area contributed by atoms with Crippen molar-refractivity contribution in [2.24, 2.45) is 0 Å². The topological polar surface area (TPSA) is 69.7 Å². The van der Waals surface area contributed by atoms with Crippen LogP contribution in [-0.2, 0) is 30.0 Å². The van der Waals surface area contributed by atoms with Gasteiger partial charge in [0, 0.05) is 0 Å². The van der Waals surface area contributed by atoms with Gasteiger partial charge >= 0.3 is 0 Å². The second kappa shape index (κ2) is 8.62. The third-order valence-electron chi connectivity index (χ3n) is 6.49. The molecule has 0 radical (unpaired) electrons. The van der Waals surface area contributed by atoms with Crippen molar-refractivity contribution >= 4 is 8.32 Å². The molecule has 0 amide bonds. The van der Waals surface area contributed by atoms with Crippen LogP contribution in [0.5, 0.6) is 0 Å². The number of rotatable bonds is 9. The molecular weight excluding hydrogens is 400 g/mol. The average Bonchev–Trinajstić information content (AvgIpc) is 3.30. The fraction of sp³-hybridized carbons (Fsp3) is 0.739. The van der Waals surface area contributed by atoms with Crippen molar-refractivity contribution in [3.63, 3.8) is 0 Å². The molecule has 3 rings (SSSR count). The van der Waals surface area contributed by atoms with Crippen LogP contribution < -0.4 is 0 Å². The maximum absolute atomic E-state index is 10.1. The highest BCUT2D eigenvalue weighted by Gasteiger charge is 2.65. The largest absolute Gasteiger partial charge is 0.414 e. The summed E-state index contributed by atoms with van der Waals surface area (Å²) in [6.45, 7) is 16.0. The maximum atomic E-state index is 10.1. The highest BCUT2D eigenvalue weighted by molar-refractivity contribution is 6.74. The molecule has 2 heterocycles. The number of hydrogen-bond acceptors (Lipinski definition) is 6. The molecular formula is C23H38O6Si. The van der Waals surface area contributed by atoms with Gasteiger partial charge in [-0.15, -0.1) is 0 Å². The Kier molecular flexibility index (Phi) is 6.85. The Morgan fingerprint density at radius 3 is 2.33 bits per heavy atom. The lowest BCUT2D eigenvalue weighted by Gasteiger charge is -2.37. The van der Waals surface area contributed by atoms with Crippen LogP contribution in [0.25, 0.3) is 0 Å². The van der Waals surface area contributed by atoms with E-state index < -0.39 is 19.7 Å². The van der Waals surface area contributed by atoms with E-state index in [0.717, 1.165) is 5.56 Å². The first-order valence-electron chi connectivity index (χ1n) is 10.8. The van der Waals surface area contributed by atoms with Crippen LogP contribution >= 0.6 is 0 Å². The van der Waals surface area contributed by atoms with Gasteiger partial charge < -0.3 is 28.5 Å². The van der Waals surface area contributed by atoms with E-state index in [9.17, 15) is 5.11 Å². The van der Waals surface area contributed by atoms with Crippen LogP contribution in [0, 0.1) is 0 Å². The summed E-state index contributed by atoms with van der Waals surface area (Å²) in [7, 11) is -1.95. The lowest BCUT2D eigenvalue weighted by atomic mass is 10.00. The van der Waals surface area contributed by atoms with E-state index in [1.165, 1.54) is 0 Å². The summed E-state index contributed by atoms with van der Waals surface area (Å²) in [6, 6.07) is 10.0. The zero-order chi connectivity index (χ0) is 22.2. The normalized spacial score (nSPS) is 31.1. The Morgan fingerprint density at radius 1 is 1.07 bits per heavy atom. The molecule has 0 aromatic heterocycles. The van der Waals surface area contributed by atoms with Gasteiger partial charge in [-0.05, 0) is 37.5 Å². The summed E-state index contributed by atoms with van der Waals surface area (Å²) in [5.41, 5.74) is 0.379. The van der Waals surface area contributed by atoms with Crippen LogP contribution in [0.15, 0.2) is 30.3 Å². The van der Waals surface area contributed by atoms with Gasteiger partial charge in [0.15, 0.2) is 14.1 Å². The third-order valence-corrected chi connectivity index (χ3v) is 11.0. The number of aliphatic hydroxyl groups excluding tert-OH is 1. The third kappa shape index (κ3) is 5.33. The minimum absolute atomic E-state index is 0.0941. The summed E-state index contributed by atoms with van der Waals surface area (Å²) in [5.74, 6) is -0.723. The SMILES string of the molecule is CC1(C)O[C@@H]([C@@H]2O[C@@]2(CO)CO[Si](C)(C)C(C)(C)C)[C@H](COCc2ccccc2)O1. The number of aliphatic hydroxyl groups is 1. The van der Waals surface area contributed by atoms with E-state index in [2.05, 4.69) is 33.9 Å². The standard InChI is InChI=1S/C23H38O6Si/c1-21(2,3)30(6,7)26-16-23(15-24)20(29-23)19-18(27-22(4,5)28-19)14-25-13-17-11-9-8-10-12-17/h8-12,18-20,24H,13-16H2,1-7H3/t18-,19+,20-,23-/m0/s1. The van der Waals surface area contributed by atoms with Crippen LogP contribution in [0.2, 0.25) is 18.1 Å². The smallest absolute Gasteiger partial charge is 0.192 e. The molecule has 0 spiro atoms. The lowest BCUT2D eigenvalue weighted by Crippen LogP contribution is -2.46. The van der Waals surface area contributed by atoms with Gasteiger partial charge in [0.1, 0.15) is 23.9 Å². The first-order chi connectivity index (χ1) is 13.9. The molecule has 0 aliphatic carbocycles. The van der Waals surface area contributed by atoms with E-state index in [-0.39, 0.29) is 30.0 Å². The predicted octanol–water partition coefficient (Wildman–Crippen LogP) is 3.88. The van der Waals surface area contributed by atoms with Crippen LogP contribution in [0.4, 0.5) is 0 Å². The molecule has 0 unspecified atom stereocenters. The van der Waals surface area contributed by atoms with Crippen molar-refractivity contribution in [2.75, 3.05) is 19.8 Å². The van der Waals surface area contributed by atoms with Crippen molar-refractivity contribution in [1.82, 2.24) is 0 Å². The van der Waals surface area contributed by atoms with E-state index in [1.807, 2.05) is 44.2 Å². The van der Waals surface area contributed by atoms with Crippen molar-refractivity contribution in [2.45, 2.75) is 89.1 Å². The Bertz CT molecular complexity index is 701. The van der Waals surface area contributed by atoms with E-state index in [0.29, 0.717) is 19.8 Å². The van der Waals surface area contributed by atoms with Crippen molar-refractivity contribution in [3.05, 3.63) is 35.9 Å². The summed E-state index contributed by atoms with van der Waals surface area (Å²) in [6.07, 6.45) is -0.861. The Balaban J connectivity index is 1.61. The van der Waals surface area contributed by atoms with Crippen molar-refractivity contribution < 1.29 is 28.5 Å².